The number of nitrogens with zero attached hydrogens (tertiary/aromatic N) is 3. The number of ether oxygens (including phenoxy) is 2. The van der Waals surface area contributed by atoms with Gasteiger partial charge in [0.2, 0.25) is 23.5 Å². The number of aromatic nitrogens is 2. The number of carboxylic acid groups (broad SMARTS) is 1. The number of nitrogens with one attached hydrogen (secondary N) is 1. The van der Waals surface area contributed by atoms with E-state index >= 15 is 0 Å². The zero-order valence-corrected chi connectivity index (χ0v) is 20.9. The van der Waals surface area contributed by atoms with Crippen LogP contribution in [0, 0.1) is 0 Å². The Hall–Kier alpha value is -4.12. The van der Waals surface area contributed by atoms with Gasteiger partial charge in [0.15, 0.2) is 0 Å². The smallest absolute Gasteiger partial charge is 0.362 e. The van der Waals surface area contributed by atoms with E-state index in [1.54, 1.807) is 7.11 Å². The maximum Gasteiger partial charge on any atom is 0.362 e. The lowest BCUT2D eigenvalue weighted by molar-refractivity contribution is -0.129. The molecule has 0 saturated carbocycles. The highest BCUT2D eigenvalue weighted by atomic mass is 32.1. The maximum absolute atomic E-state index is 11.9. The minimum atomic E-state index is -1.32. The van der Waals surface area contributed by atoms with E-state index in [4.69, 9.17) is 14.3 Å². The second-order valence-electron chi connectivity index (χ2n) is 7.79. The Morgan fingerprint density at radius 2 is 1.46 bits per heavy atom. The second kappa shape index (κ2) is 12.7. The lowest BCUT2D eigenvalue weighted by Crippen LogP contribution is -2.38. The van der Waals surface area contributed by atoms with Crippen LogP contribution in [0.4, 0.5) is 5.13 Å². The molecule has 3 aromatic carbocycles. The summed E-state index contributed by atoms with van der Waals surface area (Å²) in [5, 5.41) is 17.3. The van der Waals surface area contributed by atoms with E-state index in [0.29, 0.717) is 11.7 Å². The van der Waals surface area contributed by atoms with Crippen molar-refractivity contribution in [3.05, 3.63) is 114 Å². The highest BCUT2D eigenvalue weighted by Crippen LogP contribution is 2.40. The number of hydrogen-bond acceptors (Lipinski definition) is 9. The van der Waals surface area contributed by atoms with Crippen molar-refractivity contribution in [2.75, 3.05) is 32.4 Å². The molecule has 37 heavy (non-hydrogen) atoms. The van der Waals surface area contributed by atoms with Crippen molar-refractivity contribution in [3.63, 3.8) is 0 Å². The molecule has 4 rings (SSSR count). The van der Waals surface area contributed by atoms with E-state index < -0.39 is 17.2 Å². The summed E-state index contributed by atoms with van der Waals surface area (Å²) >= 11 is 1.04. The van der Waals surface area contributed by atoms with Crippen LogP contribution in [-0.2, 0) is 24.6 Å². The second-order valence-corrected chi connectivity index (χ2v) is 8.54. The Bertz CT molecular complexity index is 1200. The van der Waals surface area contributed by atoms with Gasteiger partial charge >= 0.3 is 5.97 Å². The molecule has 0 amide bonds. The Kier molecular flexibility index (Phi) is 8.93. The number of benzene rings is 3. The summed E-state index contributed by atoms with van der Waals surface area (Å²) in [6.07, 6.45) is 0. The normalized spacial score (nSPS) is 11.8. The van der Waals surface area contributed by atoms with Crippen molar-refractivity contribution < 1.29 is 24.2 Å². The Balaban J connectivity index is 1.71. The number of rotatable bonds is 13. The van der Waals surface area contributed by atoms with Crippen LogP contribution in [-0.4, -0.2) is 53.3 Å². The summed E-state index contributed by atoms with van der Waals surface area (Å²) < 4.78 is 14.3. The molecule has 0 spiro atoms. The minimum Gasteiger partial charge on any atom is -0.476 e. The molecule has 2 N–H and O–H groups in total. The SMILES string of the molecule is COCCOCON=C(C(=O)O)c1nsc(NC(c2ccccc2)(c2ccccc2)c2ccccc2)n1. The summed E-state index contributed by atoms with van der Waals surface area (Å²) in [5.74, 6) is -1.39. The fourth-order valence-electron chi connectivity index (χ4n) is 3.82. The quantitative estimate of drug-likeness (QED) is 0.0882. The van der Waals surface area contributed by atoms with Crippen molar-refractivity contribution in [1.82, 2.24) is 9.36 Å². The molecule has 190 valence electrons. The van der Waals surface area contributed by atoms with Gasteiger partial charge < -0.3 is 24.7 Å². The predicted molar refractivity (Wildman–Crippen MR) is 141 cm³/mol. The van der Waals surface area contributed by atoms with Gasteiger partial charge in [0.05, 0.1) is 13.2 Å². The van der Waals surface area contributed by atoms with Gasteiger partial charge in [-0.2, -0.15) is 9.36 Å². The fourth-order valence-corrected chi connectivity index (χ4v) is 4.44. The summed E-state index contributed by atoms with van der Waals surface area (Å²) in [6, 6.07) is 30.0. The zero-order valence-electron chi connectivity index (χ0n) is 20.1. The molecular weight excluding hydrogens is 492 g/mol. The van der Waals surface area contributed by atoms with Crippen LogP contribution in [0.15, 0.2) is 96.2 Å². The van der Waals surface area contributed by atoms with Gasteiger partial charge in [-0.3, -0.25) is 0 Å². The molecule has 0 atom stereocenters. The predicted octanol–water partition coefficient (Wildman–Crippen LogP) is 4.37. The van der Waals surface area contributed by atoms with E-state index in [1.807, 2.05) is 91.0 Å². The molecule has 1 aromatic heterocycles. The molecule has 0 fully saturated rings. The lowest BCUT2D eigenvalue weighted by Gasteiger charge is -2.36. The molecule has 0 bridgehead atoms. The third kappa shape index (κ3) is 6.18. The molecule has 10 heteroatoms. The van der Waals surface area contributed by atoms with Crippen LogP contribution >= 0.6 is 11.5 Å². The van der Waals surface area contributed by atoms with Crippen molar-refractivity contribution in [2.24, 2.45) is 5.16 Å². The van der Waals surface area contributed by atoms with Crippen LogP contribution in [0.1, 0.15) is 22.5 Å². The number of oxime groups is 1. The number of methoxy groups -OCH3 is 1. The van der Waals surface area contributed by atoms with Crippen LogP contribution in [0.25, 0.3) is 0 Å². The topological polar surface area (TPSA) is 115 Å². The Labute approximate surface area is 218 Å². The summed E-state index contributed by atoms with van der Waals surface area (Å²) in [7, 11) is 1.55. The molecule has 0 aliphatic carbocycles. The van der Waals surface area contributed by atoms with Crippen molar-refractivity contribution in [2.45, 2.75) is 5.54 Å². The first-order chi connectivity index (χ1) is 18.1. The molecule has 9 nitrogen and oxygen atoms in total. The van der Waals surface area contributed by atoms with Gasteiger partial charge in [-0.15, -0.1) is 0 Å². The minimum absolute atomic E-state index is 0.0695. The number of carboxylic acids is 1. The van der Waals surface area contributed by atoms with Crippen LogP contribution in [0.3, 0.4) is 0 Å². The van der Waals surface area contributed by atoms with Gasteiger partial charge in [-0.05, 0) is 16.7 Å². The van der Waals surface area contributed by atoms with E-state index in [0.717, 1.165) is 28.2 Å². The molecule has 0 aliphatic heterocycles. The summed E-state index contributed by atoms with van der Waals surface area (Å²) in [6.45, 7) is 0.444. The lowest BCUT2D eigenvalue weighted by atomic mass is 9.77. The standard InChI is InChI=1S/C27H26N4O5S/c1-34-17-18-35-19-36-30-23(25(32)33)24-28-26(37-31-24)29-27(20-11-5-2-6-12-20,21-13-7-3-8-14-21)22-15-9-4-10-16-22/h2-16H,17-19H2,1H3,(H,32,33)(H,28,29,31). The van der Waals surface area contributed by atoms with Gasteiger partial charge in [-0.25, -0.2) is 4.79 Å². The van der Waals surface area contributed by atoms with Crippen molar-refractivity contribution in [1.29, 1.82) is 0 Å². The van der Waals surface area contributed by atoms with Crippen LogP contribution in [0.5, 0.6) is 0 Å². The van der Waals surface area contributed by atoms with Crippen LogP contribution < -0.4 is 5.32 Å². The van der Waals surface area contributed by atoms with Crippen molar-refractivity contribution in [3.8, 4) is 0 Å². The highest BCUT2D eigenvalue weighted by Gasteiger charge is 2.37. The third-order valence-electron chi connectivity index (χ3n) is 5.48. The van der Waals surface area contributed by atoms with Crippen molar-refractivity contribution >= 4 is 28.3 Å². The maximum atomic E-state index is 11.9. The molecule has 1 heterocycles. The number of anilines is 1. The highest BCUT2D eigenvalue weighted by molar-refractivity contribution is 7.09. The first-order valence-electron chi connectivity index (χ1n) is 11.4. The monoisotopic (exact) mass is 518 g/mol. The van der Waals surface area contributed by atoms with Gasteiger partial charge in [0.25, 0.3) is 0 Å². The van der Waals surface area contributed by atoms with E-state index in [-0.39, 0.29) is 19.2 Å². The third-order valence-corrected chi connectivity index (χ3v) is 6.11. The largest absolute Gasteiger partial charge is 0.476 e. The zero-order chi connectivity index (χ0) is 25.9. The Morgan fingerprint density at radius 3 is 1.95 bits per heavy atom. The van der Waals surface area contributed by atoms with Crippen LogP contribution in [0.2, 0.25) is 0 Å². The summed E-state index contributed by atoms with van der Waals surface area (Å²) in [5.41, 5.74) is 1.69. The summed E-state index contributed by atoms with van der Waals surface area (Å²) in [4.78, 5) is 21.3. The Morgan fingerprint density at radius 1 is 0.919 bits per heavy atom. The molecule has 0 radical (unpaired) electrons. The number of carbonyl (C=O) groups is 1. The average molecular weight is 519 g/mol. The molecule has 0 unspecified atom stereocenters. The first kappa shape index (κ1) is 26.0. The van der Waals surface area contributed by atoms with Gasteiger partial charge in [0, 0.05) is 18.6 Å². The van der Waals surface area contributed by atoms with Gasteiger partial charge in [0.1, 0.15) is 5.54 Å². The molecule has 0 saturated heterocycles. The average Bonchev–Trinajstić information content (AvgIpc) is 3.40. The molecule has 0 aliphatic rings. The number of hydrogen-bond donors (Lipinski definition) is 2. The molecule has 4 aromatic rings. The first-order valence-corrected chi connectivity index (χ1v) is 12.2. The molecular formula is C27H26N4O5S. The number of aliphatic carboxylic acids is 1. The van der Waals surface area contributed by atoms with E-state index in [2.05, 4.69) is 19.8 Å². The van der Waals surface area contributed by atoms with E-state index in [9.17, 15) is 9.90 Å². The fraction of sp³-hybridized carbons (Fsp3) is 0.185. The van der Waals surface area contributed by atoms with Gasteiger partial charge in [-0.1, -0.05) is 96.2 Å². The van der Waals surface area contributed by atoms with E-state index in [1.165, 1.54) is 0 Å².